The van der Waals surface area contributed by atoms with Gasteiger partial charge < -0.3 is 15.2 Å². The fourth-order valence-electron chi connectivity index (χ4n) is 3.23. The third-order valence-corrected chi connectivity index (χ3v) is 4.51. The lowest BCUT2D eigenvalue weighted by atomic mass is 9.86. The van der Waals surface area contributed by atoms with Crippen LogP contribution < -0.4 is 10.1 Å². The summed E-state index contributed by atoms with van der Waals surface area (Å²) in [6.07, 6.45) is 4.02. The van der Waals surface area contributed by atoms with Gasteiger partial charge in [0.15, 0.2) is 0 Å². The molecule has 1 amide bonds. The Kier molecular flexibility index (Phi) is 7.53. The number of aryl methyl sites for hydroxylation is 1. The number of aliphatic hydroxyl groups excluding tert-OH is 1. The summed E-state index contributed by atoms with van der Waals surface area (Å²) in [6, 6.07) is 7.87. The van der Waals surface area contributed by atoms with Crippen LogP contribution >= 0.6 is 0 Å². The zero-order valence-electron chi connectivity index (χ0n) is 14.8. The van der Waals surface area contributed by atoms with Gasteiger partial charge in [-0.25, -0.2) is 0 Å². The van der Waals surface area contributed by atoms with Crippen LogP contribution in [0.3, 0.4) is 0 Å². The maximum Gasteiger partial charge on any atom is 0.234 e. The molecular weight excluding hydrogens is 304 g/mol. The van der Waals surface area contributed by atoms with Crippen molar-refractivity contribution in [2.45, 2.75) is 38.7 Å². The van der Waals surface area contributed by atoms with Crippen molar-refractivity contribution in [3.05, 3.63) is 29.8 Å². The average molecular weight is 334 g/mol. The minimum atomic E-state index is -0.216. The highest BCUT2D eigenvalue weighted by Gasteiger charge is 2.24. The number of hydrogen-bond donors (Lipinski definition) is 2. The molecule has 1 aromatic carbocycles. The number of amides is 1. The van der Waals surface area contributed by atoms with Crippen molar-refractivity contribution in [2.75, 3.05) is 33.3 Å². The second-order valence-electron chi connectivity index (χ2n) is 6.82. The van der Waals surface area contributed by atoms with E-state index >= 15 is 0 Å². The fraction of sp³-hybridized carbons (Fsp3) is 0.632. The standard InChI is InChI=1S/C19H30N2O3/c1-15-6-5-8-17(12-15)24-11-10-20-19(23)14-21(2)13-16-7-3-4-9-18(16)22/h5-6,8,12,16,18,22H,3-4,7,9-11,13-14H2,1-2H3,(H,20,23). The van der Waals surface area contributed by atoms with Gasteiger partial charge in [0, 0.05) is 6.54 Å². The van der Waals surface area contributed by atoms with E-state index in [1.54, 1.807) is 0 Å². The fourth-order valence-corrected chi connectivity index (χ4v) is 3.23. The van der Waals surface area contributed by atoms with E-state index in [2.05, 4.69) is 5.32 Å². The van der Waals surface area contributed by atoms with Crippen molar-refractivity contribution >= 4 is 5.91 Å². The minimum absolute atomic E-state index is 0.00404. The van der Waals surface area contributed by atoms with Crippen LogP contribution in [0.25, 0.3) is 0 Å². The SMILES string of the molecule is Cc1cccc(OCCNC(=O)CN(C)CC2CCCCC2O)c1. The van der Waals surface area contributed by atoms with E-state index in [1.807, 2.05) is 43.1 Å². The van der Waals surface area contributed by atoms with Gasteiger partial charge in [-0.1, -0.05) is 25.0 Å². The van der Waals surface area contributed by atoms with E-state index in [-0.39, 0.29) is 12.0 Å². The van der Waals surface area contributed by atoms with Crippen molar-refractivity contribution < 1.29 is 14.6 Å². The Morgan fingerprint density at radius 1 is 1.38 bits per heavy atom. The van der Waals surface area contributed by atoms with Crippen LogP contribution in [0.5, 0.6) is 5.75 Å². The molecule has 0 bridgehead atoms. The van der Waals surface area contributed by atoms with E-state index in [0.717, 1.165) is 37.1 Å². The Hall–Kier alpha value is -1.59. The number of nitrogens with zero attached hydrogens (tertiary/aromatic N) is 1. The van der Waals surface area contributed by atoms with E-state index in [9.17, 15) is 9.90 Å². The topological polar surface area (TPSA) is 61.8 Å². The van der Waals surface area contributed by atoms with Crippen LogP contribution in [0, 0.1) is 12.8 Å². The monoisotopic (exact) mass is 334 g/mol. The van der Waals surface area contributed by atoms with Gasteiger partial charge in [0.25, 0.3) is 0 Å². The first kappa shape index (κ1) is 18.7. The summed E-state index contributed by atoms with van der Waals surface area (Å²) in [7, 11) is 1.93. The highest BCUT2D eigenvalue weighted by atomic mass is 16.5. The maximum atomic E-state index is 12.0. The lowest BCUT2D eigenvalue weighted by molar-refractivity contribution is -0.122. The molecule has 2 rings (SSSR count). The Labute approximate surface area is 145 Å². The molecule has 0 aliphatic heterocycles. The van der Waals surface area contributed by atoms with Crippen LogP contribution in [0.15, 0.2) is 24.3 Å². The number of rotatable bonds is 8. The van der Waals surface area contributed by atoms with Gasteiger partial charge in [-0.15, -0.1) is 0 Å². The van der Waals surface area contributed by atoms with Crippen molar-refractivity contribution in [3.63, 3.8) is 0 Å². The second kappa shape index (κ2) is 9.64. The first-order valence-electron chi connectivity index (χ1n) is 8.87. The molecule has 1 aromatic rings. The number of nitrogens with one attached hydrogen (secondary N) is 1. The van der Waals surface area contributed by atoms with Gasteiger partial charge in [0.1, 0.15) is 12.4 Å². The Morgan fingerprint density at radius 2 is 2.17 bits per heavy atom. The zero-order chi connectivity index (χ0) is 17.4. The van der Waals surface area contributed by atoms with Crippen molar-refractivity contribution in [3.8, 4) is 5.75 Å². The van der Waals surface area contributed by atoms with E-state index in [1.165, 1.54) is 6.42 Å². The first-order valence-corrected chi connectivity index (χ1v) is 8.87. The molecule has 5 nitrogen and oxygen atoms in total. The summed E-state index contributed by atoms with van der Waals surface area (Å²) in [5.74, 6) is 1.12. The number of hydrogen-bond acceptors (Lipinski definition) is 4. The second-order valence-corrected chi connectivity index (χ2v) is 6.82. The lowest BCUT2D eigenvalue weighted by Crippen LogP contribution is -2.41. The van der Waals surface area contributed by atoms with E-state index in [0.29, 0.717) is 25.6 Å². The van der Waals surface area contributed by atoms with Crippen molar-refractivity contribution in [1.82, 2.24) is 10.2 Å². The summed E-state index contributed by atoms with van der Waals surface area (Å²) in [4.78, 5) is 14.0. The number of ether oxygens (including phenoxy) is 1. The Morgan fingerprint density at radius 3 is 2.92 bits per heavy atom. The average Bonchev–Trinajstić information content (AvgIpc) is 2.54. The zero-order valence-corrected chi connectivity index (χ0v) is 14.8. The molecule has 0 radical (unpaired) electrons. The number of carbonyl (C=O) groups is 1. The normalized spacial score (nSPS) is 20.8. The van der Waals surface area contributed by atoms with Crippen LogP contribution in [-0.2, 0) is 4.79 Å². The van der Waals surface area contributed by atoms with Gasteiger partial charge in [0.2, 0.25) is 5.91 Å². The number of carbonyl (C=O) groups excluding carboxylic acids is 1. The molecule has 1 saturated carbocycles. The molecule has 1 aliphatic rings. The quantitative estimate of drug-likeness (QED) is 0.714. The number of likely N-dealkylation sites (N-methyl/N-ethyl adjacent to an activating group) is 1. The largest absolute Gasteiger partial charge is 0.492 e. The number of benzene rings is 1. The molecule has 0 saturated heterocycles. The third-order valence-electron chi connectivity index (χ3n) is 4.51. The summed E-state index contributed by atoms with van der Waals surface area (Å²) in [5.41, 5.74) is 1.16. The highest BCUT2D eigenvalue weighted by molar-refractivity contribution is 5.77. The summed E-state index contributed by atoms with van der Waals surface area (Å²) in [5, 5.41) is 12.9. The van der Waals surface area contributed by atoms with Crippen LogP contribution in [0.4, 0.5) is 0 Å². The smallest absolute Gasteiger partial charge is 0.234 e. The van der Waals surface area contributed by atoms with Gasteiger partial charge >= 0.3 is 0 Å². The predicted octanol–water partition coefficient (Wildman–Crippen LogP) is 1.97. The molecular formula is C19H30N2O3. The maximum absolute atomic E-state index is 12.0. The van der Waals surface area contributed by atoms with Crippen molar-refractivity contribution in [2.24, 2.45) is 5.92 Å². The third kappa shape index (κ3) is 6.49. The predicted molar refractivity (Wildman–Crippen MR) is 95.1 cm³/mol. The number of aliphatic hydroxyl groups is 1. The molecule has 2 unspecified atom stereocenters. The van der Waals surface area contributed by atoms with E-state index in [4.69, 9.17) is 4.74 Å². The molecule has 5 heteroatoms. The van der Waals surface area contributed by atoms with Gasteiger partial charge in [0.05, 0.1) is 19.2 Å². The molecule has 0 aromatic heterocycles. The molecule has 1 aliphatic carbocycles. The molecule has 2 atom stereocenters. The Balaban J connectivity index is 1.60. The molecule has 0 heterocycles. The van der Waals surface area contributed by atoms with Crippen molar-refractivity contribution in [1.29, 1.82) is 0 Å². The lowest BCUT2D eigenvalue weighted by Gasteiger charge is -2.30. The molecule has 2 N–H and O–H groups in total. The van der Waals surface area contributed by atoms with Crippen LogP contribution in [-0.4, -0.2) is 55.3 Å². The van der Waals surface area contributed by atoms with Gasteiger partial charge in [-0.2, -0.15) is 0 Å². The van der Waals surface area contributed by atoms with Crippen LogP contribution in [0.2, 0.25) is 0 Å². The van der Waals surface area contributed by atoms with Gasteiger partial charge in [-0.05, 0) is 50.4 Å². The highest BCUT2D eigenvalue weighted by Crippen LogP contribution is 2.24. The minimum Gasteiger partial charge on any atom is -0.492 e. The summed E-state index contributed by atoms with van der Waals surface area (Å²) in [6.45, 7) is 4.10. The van der Waals surface area contributed by atoms with E-state index < -0.39 is 0 Å². The summed E-state index contributed by atoms with van der Waals surface area (Å²) >= 11 is 0. The molecule has 24 heavy (non-hydrogen) atoms. The summed E-state index contributed by atoms with van der Waals surface area (Å²) < 4.78 is 5.62. The van der Waals surface area contributed by atoms with Gasteiger partial charge in [-0.3, -0.25) is 9.69 Å². The molecule has 1 fully saturated rings. The molecule has 0 spiro atoms. The van der Waals surface area contributed by atoms with Crippen LogP contribution in [0.1, 0.15) is 31.2 Å². The Bertz CT molecular complexity index is 521. The first-order chi connectivity index (χ1) is 11.5. The molecule has 134 valence electrons.